The van der Waals surface area contributed by atoms with Crippen molar-refractivity contribution in [1.29, 1.82) is 0 Å². The second kappa shape index (κ2) is 8.67. The Morgan fingerprint density at radius 1 is 1.09 bits per heavy atom. The lowest BCUT2D eigenvalue weighted by Crippen LogP contribution is -2.40. The molecule has 0 spiro atoms. The summed E-state index contributed by atoms with van der Waals surface area (Å²) >= 11 is 1.11. The minimum atomic E-state index is -0.817. The molecule has 0 radical (unpaired) electrons. The summed E-state index contributed by atoms with van der Waals surface area (Å²) in [6.45, 7) is -0.393. The maximum Gasteiger partial charge on any atom is 0.336 e. The lowest BCUT2D eigenvalue weighted by atomic mass is 10.2. The van der Waals surface area contributed by atoms with Crippen LogP contribution in [0.3, 0.4) is 0 Å². The Morgan fingerprint density at radius 3 is 2.59 bits per heavy atom. The van der Waals surface area contributed by atoms with Crippen molar-refractivity contribution in [3.05, 3.63) is 80.6 Å². The zero-order chi connectivity index (χ0) is 22.8. The van der Waals surface area contributed by atoms with E-state index in [0.29, 0.717) is 22.7 Å². The molecule has 0 aliphatic carbocycles. The Balaban J connectivity index is 1.77. The number of aromatic nitrogens is 2. The summed E-state index contributed by atoms with van der Waals surface area (Å²) in [5.41, 5.74) is -0.949. The number of rotatable bonds is 6. The number of benzene rings is 2. The molecule has 2 aromatic carbocycles. The Kier molecular flexibility index (Phi) is 5.78. The fourth-order valence-electron chi connectivity index (χ4n) is 3.32. The Hall–Kier alpha value is -3.92. The van der Waals surface area contributed by atoms with Crippen LogP contribution in [-0.4, -0.2) is 29.3 Å². The topological polar surface area (TPSA) is 91.6 Å². The fourth-order valence-corrected chi connectivity index (χ4v) is 4.14. The van der Waals surface area contributed by atoms with Crippen molar-refractivity contribution >= 4 is 33.1 Å². The Bertz CT molecular complexity index is 1440. The molecule has 1 N–H and O–H groups in total. The average molecular weight is 455 g/mol. The van der Waals surface area contributed by atoms with E-state index >= 15 is 0 Å². The molecule has 0 atom stereocenters. The number of carbonyl (C=O) groups excluding carboxylic acids is 1. The number of anilines is 1. The van der Waals surface area contributed by atoms with E-state index in [-0.39, 0.29) is 10.4 Å². The molecule has 0 unspecified atom stereocenters. The minimum Gasteiger partial charge on any atom is -0.497 e. The summed E-state index contributed by atoms with van der Waals surface area (Å²) in [5, 5.41) is 4.33. The van der Waals surface area contributed by atoms with Gasteiger partial charge in [-0.25, -0.2) is 13.8 Å². The molecule has 10 heteroatoms. The highest BCUT2D eigenvalue weighted by molar-refractivity contribution is 7.17. The lowest BCUT2D eigenvalue weighted by molar-refractivity contribution is -0.116. The van der Waals surface area contributed by atoms with Crippen molar-refractivity contribution in [2.75, 3.05) is 19.5 Å². The molecule has 0 fully saturated rings. The highest BCUT2D eigenvalue weighted by Crippen LogP contribution is 2.29. The van der Waals surface area contributed by atoms with E-state index in [1.165, 1.54) is 32.4 Å². The van der Waals surface area contributed by atoms with E-state index in [0.717, 1.165) is 26.5 Å². The molecule has 0 saturated carbocycles. The van der Waals surface area contributed by atoms with Crippen molar-refractivity contribution in [2.45, 2.75) is 6.54 Å². The second-order valence-electron chi connectivity index (χ2n) is 6.71. The van der Waals surface area contributed by atoms with Gasteiger partial charge in [0.2, 0.25) is 5.91 Å². The van der Waals surface area contributed by atoms with Gasteiger partial charge in [0.05, 0.1) is 31.1 Å². The van der Waals surface area contributed by atoms with Gasteiger partial charge in [0.25, 0.3) is 5.56 Å². The summed E-state index contributed by atoms with van der Waals surface area (Å²) in [6, 6.07) is 11.9. The predicted molar refractivity (Wildman–Crippen MR) is 120 cm³/mol. The fraction of sp³-hybridized carbons (Fsp3) is 0.136. The van der Waals surface area contributed by atoms with Crippen LogP contribution < -0.4 is 26.0 Å². The molecule has 0 aliphatic rings. The summed E-state index contributed by atoms with van der Waals surface area (Å²) in [5.74, 6) is -0.321. The molecular formula is C22H18FN3O5S. The number of thiophene rings is 1. The van der Waals surface area contributed by atoms with Gasteiger partial charge >= 0.3 is 5.69 Å². The first-order valence-electron chi connectivity index (χ1n) is 9.44. The molecule has 2 heterocycles. The van der Waals surface area contributed by atoms with Crippen LogP contribution in [0.2, 0.25) is 0 Å². The molecule has 4 aromatic rings. The number of fused-ring (bicyclic) bond motifs is 1. The SMILES string of the molecule is COc1ccc(NC(=O)Cn2c(=O)n(-c3ccccc3F)c(=O)c3sccc32)c(OC)c1. The van der Waals surface area contributed by atoms with Gasteiger partial charge in [-0.3, -0.25) is 14.2 Å². The first-order valence-corrected chi connectivity index (χ1v) is 10.3. The highest BCUT2D eigenvalue weighted by Gasteiger charge is 2.19. The van der Waals surface area contributed by atoms with E-state index in [1.54, 1.807) is 29.6 Å². The number of amides is 1. The summed E-state index contributed by atoms with van der Waals surface area (Å²) in [4.78, 5) is 38.9. The molecule has 164 valence electrons. The molecule has 2 aromatic heterocycles. The van der Waals surface area contributed by atoms with Crippen molar-refractivity contribution in [3.8, 4) is 17.2 Å². The number of nitrogens with one attached hydrogen (secondary N) is 1. The maximum atomic E-state index is 14.4. The number of hydrogen-bond donors (Lipinski definition) is 1. The normalized spacial score (nSPS) is 10.8. The van der Waals surface area contributed by atoms with E-state index in [1.807, 2.05) is 0 Å². The van der Waals surface area contributed by atoms with Crippen molar-refractivity contribution in [2.24, 2.45) is 0 Å². The van der Waals surface area contributed by atoms with Gasteiger partial charge in [-0.15, -0.1) is 11.3 Å². The molecule has 1 amide bonds. The molecule has 8 nitrogen and oxygen atoms in total. The Labute approximate surface area is 185 Å². The number of methoxy groups -OCH3 is 2. The Morgan fingerprint density at radius 2 is 1.88 bits per heavy atom. The van der Waals surface area contributed by atoms with Crippen molar-refractivity contribution in [1.82, 2.24) is 9.13 Å². The minimum absolute atomic E-state index is 0.177. The number of hydrogen-bond acceptors (Lipinski definition) is 6. The van der Waals surface area contributed by atoms with E-state index in [4.69, 9.17) is 9.47 Å². The number of para-hydroxylation sites is 1. The summed E-state index contributed by atoms with van der Waals surface area (Å²) < 4.78 is 26.9. The zero-order valence-corrected chi connectivity index (χ0v) is 17.9. The second-order valence-corrected chi connectivity index (χ2v) is 7.63. The van der Waals surface area contributed by atoms with Crippen LogP contribution in [0.1, 0.15) is 0 Å². The highest BCUT2D eigenvalue weighted by atomic mass is 32.1. The van der Waals surface area contributed by atoms with Crippen LogP contribution >= 0.6 is 11.3 Å². The van der Waals surface area contributed by atoms with Gasteiger partial charge in [0.15, 0.2) is 0 Å². The molecule has 0 bridgehead atoms. The monoisotopic (exact) mass is 455 g/mol. The van der Waals surface area contributed by atoms with Crippen LogP contribution in [0.5, 0.6) is 11.5 Å². The number of nitrogens with zero attached hydrogens (tertiary/aromatic N) is 2. The quantitative estimate of drug-likeness (QED) is 0.483. The van der Waals surface area contributed by atoms with Crippen LogP contribution in [0, 0.1) is 5.82 Å². The first kappa shape index (κ1) is 21.3. The van der Waals surface area contributed by atoms with Crippen molar-refractivity contribution in [3.63, 3.8) is 0 Å². The lowest BCUT2D eigenvalue weighted by Gasteiger charge is -2.14. The third-order valence-electron chi connectivity index (χ3n) is 4.83. The van der Waals surface area contributed by atoms with E-state index < -0.39 is 29.5 Å². The molecule has 4 rings (SSSR count). The van der Waals surface area contributed by atoms with Crippen LogP contribution in [0.25, 0.3) is 15.9 Å². The average Bonchev–Trinajstić information content (AvgIpc) is 3.28. The number of halogens is 1. The van der Waals surface area contributed by atoms with E-state index in [2.05, 4.69) is 5.32 Å². The number of carbonyl (C=O) groups is 1. The first-order chi connectivity index (χ1) is 15.4. The number of ether oxygens (including phenoxy) is 2. The smallest absolute Gasteiger partial charge is 0.336 e. The van der Waals surface area contributed by atoms with Crippen LogP contribution in [0.4, 0.5) is 10.1 Å². The van der Waals surface area contributed by atoms with Gasteiger partial charge in [-0.05, 0) is 35.7 Å². The third-order valence-corrected chi connectivity index (χ3v) is 5.72. The zero-order valence-electron chi connectivity index (χ0n) is 17.1. The van der Waals surface area contributed by atoms with Crippen LogP contribution in [-0.2, 0) is 11.3 Å². The van der Waals surface area contributed by atoms with E-state index in [9.17, 15) is 18.8 Å². The summed E-state index contributed by atoms with van der Waals surface area (Å²) in [7, 11) is 2.96. The standard InChI is InChI=1S/C22H18FN3O5S/c1-30-13-7-8-15(18(11-13)31-2)24-19(27)12-25-17-9-10-32-20(17)21(28)26(22(25)29)16-6-4-3-5-14(16)23/h3-11H,12H2,1-2H3,(H,24,27). The molecule has 0 saturated heterocycles. The van der Waals surface area contributed by atoms with Gasteiger partial charge in [-0.1, -0.05) is 12.1 Å². The largest absolute Gasteiger partial charge is 0.497 e. The molecule has 32 heavy (non-hydrogen) atoms. The third kappa shape index (κ3) is 3.76. The van der Waals surface area contributed by atoms with Gasteiger partial charge in [0, 0.05) is 6.07 Å². The predicted octanol–water partition coefficient (Wildman–Crippen LogP) is 3.01. The van der Waals surface area contributed by atoms with Gasteiger partial charge < -0.3 is 14.8 Å². The van der Waals surface area contributed by atoms with Gasteiger partial charge in [-0.2, -0.15) is 0 Å². The maximum absolute atomic E-state index is 14.4. The molecular weight excluding hydrogens is 437 g/mol. The summed E-state index contributed by atoms with van der Waals surface area (Å²) in [6.07, 6.45) is 0. The van der Waals surface area contributed by atoms with Gasteiger partial charge in [0.1, 0.15) is 28.6 Å². The van der Waals surface area contributed by atoms with Crippen LogP contribution in [0.15, 0.2) is 63.5 Å². The molecule has 0 aliphatic heterocycles. The van der Waals surface area contributed by atoms with Crippen molar-refractivity contribution < 1.29 is 18.7 Å².